The molecule has 0 radical (unpaired) electrons. The maximum atomic E-state index is 5.38. The van der Waals surface area contributed by atoms with Crippen molar-refractivity contribution in [3.8, 4) is 0 Å². The summed E-state index contributed by atoms with van der Waals surface area (Å²) in [6, 6.07) is 16.4. The molecule has 0 amide bonds. The number of aromatic nitrogens is 1. The number of anilines is 2. The third kappa shape index (κ3) is 2.20. The van der Waals surface area contributed by atoms with Gasteiger partial charge in [0.2, 0.25) is 4.80 Å². The molecular weight excluding hydrogens is 256 g/mol. The lowest BCUT2D eigenvalue weighted by molar-refractivity contribution is 0.888. The molecule has 0 saturated carbocycles. The van der Waals surface area contributed by atoms with E-state index in [0.29, 0.717) is 0 Å². The Morgan fingerprint density at radius 1 is 1.11 bits per heavy atom. The number of hydrogen-bond donors (Lipinski definition) is 2. The minimum absolute atomic E-state index is 0.812. The van der Waals surface area contributed by atoms with E-state index in [0.717, 1.165) is 21.7 Å². The molecule has 0 bridgehead atoms. The van der Waals surface area contributed by atoms with Gasteiger partial charge >= 0.3 is 0 Å². The number of thiazole rings is 1. The highest BCUT2D eigenvalue weighted by atomic mass is 32.1. The summed E-state index contributed by atoms with van der Waals surface area (Å²) < 4.78 is 3.17. The fourth-order valence-corrected chi connectivity index (χ4v) is 2.94. The number of aryl methyl sites for hydroxylation is 1. The van der Waals surface area contributed by atoms with Gasteiger partial charge in [-0.05, 0) is 30.3 Å². The summed E-state index contributed by atoms with van der Waals surface area (Å²) in [5.41, 5.74) is 3.24. The number of para-hydroxylation sites is 1. The highest BCUT2D eigenvalue weighted by Gasteiger charge is 2.04. The number of nitrogens with zero attached hydrogens (tertiary/aromatic N) is 2. The van der Waals surface area contributed by atoms with Crippen LogP contribution in [0.15, 0.2) is 53.6 Å². The predicted molar refractivity (Wildman–Crippen MR) is 80.3 cm³/mol. The second-order valence-electron chi connectivity index (χ2n) is 4.25. The number of benzene rings is 2. The predicted octanol–water partition coefficient (Wildman–Crippen LogP) is 2.76. The zero-order valence-electron chi connectivity index (χ0n) is 10.5. The van der Waals surface area contributed by atoms with Crippen molar-refractivity contribution in [1.29, 1.82) is 0 Å². The Kier molecular flexibility index (Phi) is 2.97. The first kappa shape index (κ1) is 11.8. The summed E-state index contributed by atoms with van der Waals surface area (Å²) in [6.07, 6.45) is 0. The van der Waals surface area contributed by atoms with Crippen LogP contribution in [0.4, 0.5) is 11.4 Å². The van der Waals surface area contributed by atoms with E-state index in [2.05, 4.69) is 28.6 Å². The normalized spacial score (nSPS) is 11.9. The van der Waals surface area contributed by atoms with Crippen LogP contribution in [0.3, 0.4) is 0 Å². The lowest BCUT2D eigenvalue weighted by Gasteiger charge is -2.06. The summed E-state index contributed by atoms with van der Waals surface area (Å²) in [6.45, 7) is 0. The first-order chi connectivity index (χ1) is 9.28. The van der Waals surface area contributed by atoms with Crippen molar-refractivity contribution in [2.75, 3.05) is 5.32 Å². The van der Waals surface area contributed by atoms with Crippen LogP contribution in [0.5, 0.6) is 0 Å². The van der Waals surface area contributed by atoms with Gasteiger partial charge in [-0.2, -0.15) is 5.10 Å². The number of nitrogens with two attached hydrogens (primary N) is 1. The molecule has 3 aromatic rings. The monoisotopic (exact) mass is 270 g/mol. The topological polar surface area (TPSA) is 55.3 Å². The molecule has 1 aromatic heterocycles. The average molecular weight is 270 g/mol. The maximum absolute atomic E-state index is 5.38. The summed E-state index contributed by atoms with van der Waals surface area (Å²) in [7, 11) is 1.97. The average Bonchev–Trinajstić information content (AvgIpc) is 2.77. The van der Waals surface area contributed by atoms with E-state index in [-0.39, 0.29) is 0 Å². The standard InChI is InChI=1S/C14H14N4S/c1-18-12-9-11(16-10-5-3-2-4-6-10)7-8-13(12)19-14(18)17-15/h2-9,16H,15H2,1H3/b17-14-. The first-order valence-electron chi connectivity index (χ1n) is 5.93. The molecule has 5 heteroatoms. The molecule has 0 atom stereocenters. The van der Waals surface area contributed by atoms with Gasteiger partial charge in [0, 0.05) is 18.4 Å². The van der Waals surface area contributed by atoms with Gasteiger partial charge in [0.1, 0.15) is 0 Å². The molecule has 0 aliphatic rings. The summed E-state index contributed by atoms with van der Waals surface area (Å²) in [5.74, 6) is 5.38. The minimum Gasteiger partial charge on any atom is -0.355 e. The number of fused-ring (bicyclic) bond motifs is 1. The van der Waals surface area contributed by atoms with Gasteiger partial charge in [-0.15, -0.1) is 0 Å². The molecule has 2 aromatic carbocycles. The third-order valence-corrected chi connectivity index (χ3v) is 4.11. The van der Waals surface area contributed by atoms with Crippen molar-refractivity contribution < 1.29 is 0 Å². The van der Waals surface area contributed by atoms with E-state index in [1.165, 1.54) is 4.70 Å². The number of hydrogen-bond acceptors (Lipinski definition) is 4. The minimum atomic E-state index is 0.812. The Balaban J connectivity index is 2.04. The number of nitrogens with one attached hydrogen (secondary N) is 1. The highest BCUT2D eigenvalue weighted by Crippen LogP contribution is 2.23. The van der Waals surface area contributed by atoms with Crippen LogP contribution in [0.25, 0.3) is 10.2 Å². The molecule has 0 aliphatic carbocycles. The van der Waals surface area contributed by atoms with Gasteiger partial charge in [-0.3, -0.25) is 0 Å². The fourth-order valence-electron chi connectivity index (χ4n) is 2.01. The van der Waals surface area contributed by atoms with Crippen LogP contribution in [0, 0.1) is 0 Å². The van der Waals surface area contributed by atoms with Crippen molar-refractivity contribution in [2.45, 2.75) is 0 Å². The number of rotatable bonds is 2. The van der Waals surface area contributed by atoms with Crippen molar-refractivity contribution in [3.05, 3.63) is 53.3 Å². The highest BCUT2D eigenvalue weighted by molar-refractivity contribution is 7.16. The Morgan fingerprint density at radius 2 is 1.89 bits per heavy atom. The maximum Gasteiger partial charge on any atom is 0.208 e. The Hall–Kier alpha value is -2.27. The largest absolute Gasteiger partial charge is 0.355 e. The molecule has 96 valence electrons. The molecule has 3 N–H and O–H groups in total. The fraction of sp³-hybridized carbons (Fsp3) is 0.0714. The lowest BCUT2D eigenvalue weighted by atomic mass is 10.2. The molecular formula is C14H14N4S. The van der Waals surface area contributed by atoms with Crippen LogP contribution in [-0.4, -0.2) is 4.57 Å². The van der Waals surface area contributed by atoms with Crippen molar-refractivity contribution in [1.82, 2.24) is 4.57 Å². The molecule has 0 fully saturated rings. The van der Waals surface area contributed by atoms with Crippen molar-refractivity contribution in [3.63, 3.8) is 0 Å². The molecule has 0 aliphatic heterocycles. The zero-order chi connectivity index (χ0) is 13.2. The Morgan fingerprint density at radius 3 is 2.63 bits per heavy atom. The molecule has 0 spiro atoms. The zero-order valence-corrected chi connectivity index (χ0v) is 11.3. The van der Waals surface area contributed by atoms with E-state index < -0.39 is 0 Å². The molecule has 0 saturated heterocycles. The van der Waals surface area contributed by atoms with Crippen LogP contribution < -0.4 is 16.0 Å². The first-order valence-corrected chi connectivity index (χ1v) is 6.75. The van der Waals surface area contributed by atoms with E-state index in [1.54, 1.807) is 11.3 Å². The van der Waals surface area contributed by atoms with Gasteiger partial charge in [0.15, 0.2) is 0 Å². The molecule has 3 rings (SSSR count). The van der Waals surface area contributed by atoms with Gasteiger partial charge in [0.25, 0.3) is 0 Å². The van der Waals surface area contributed by atoms with Crippen LogP contribution in [-0.2, 0) is 7.05 Å². The quantitative estimate of drug-likeness (QED) is 0.555. The van der Waals surface area contributed by atoms with E-state index in [9.17, 15) is 0 Å². The third-order valence-electron chi connectivity index (χ3n) is 2.98. The van der Waals surface area contributed by atoms with E-state index in [1.807, 2.05) is 41.9 Å². The molecule has 4 nitrogen and oxygen atoms in total. The molecule has 0 unspecified atom stereocenters. The van der Waals surface area contributed by atoms with Crippen LogP contribution in [0.1, 0.15) is 0 Å². The van der Waals surface area contributed by atoms with E-state index >= 15 is 0 Å². The smallest absolute Gasteiger partial charge is 0.208 e. The summed E-state index contributed by atoms with van der Waals surface area (Å²) >= 11 is 1.58. The van der Waals surface area contributed by atoms with Crippen molar-refractivity contribution in [2.24, 2.45) is 18.0 Å². The van der Waals surface area contributed by atoms with Gasteiger partial charge in [-0.1, -0.05) is 29.5 Å². The molecule has 19 heavy (non-hydrogen) atoms. The summed E-state index contributed by atoms with van der Waals surface area (Å²) in [4.78, 5) is 0.812. The lowest BCUT2D eigenvalue weighted by Crippen LogP contribution is -2.12. The van der Waals surface area contributed by atoms with Crippen LogP contribution in [0.2, 0.25) is 0 Å². The Labute approximate surface area is 114 Å². The van der Waals surface area contributed by atoms with Gasteiger partial charge < -0.3 is 15.7 Å². The Bertz CT molecular complexity index is 771. The van der Waals surface area contributed by atoms with E-state index in [4.69, 9.17) is 5.84 Å². The second-order valence-corrected chi connectivity index (χ2v) is 5.26. The summed E-state index contributed by atoms with van der Waals surface area (Å²) in [5, 5.41) is 7.16. The molecule has 1 heterocycles. The SMILES string of the molecule is Cn1/c(=N/N)sc2ccc(Nc3ccccc3)cc21. The van der Waals surface area contributed by atoms with Gasteiger partial charge in [0.05, 0.1) is 10.2 Å². The van der Waals surface area contributed by atoms with Gasteiger partial charge in [-0.25, -0.2) is 0 Å². The van der Waals surface area contributed by atoms with Crippen molar-refractivity contribution >= 4 is 32.9 Å². The second kappa shape index (κ2) is 4.78. The van der Waals surface area contributed by atoms with Crippen LogP contribution >= 0.6 is 11.3 Å².